The Bertz CT molecular complexity index is 1290. The molecule has 0 saturated carbocycles. The van der Waals surface area contributed by atoms with Crippen LogP contribution in [0.2, 0.25) is 0 Å². The Balaban J connectivity index is 1.55. The third-order valence-corrected chi connectivity index (χ3v) is 5.41. The molecule has 0 amide bonds. The first-order valence-electron chi connectivity index (χ1n) is 9.82. The average Bonchev–Trinajstić information content (AvgIpc) is 2.79. The largest absolute Gasteiger partial charge is 0.399 e. The van der Waals surface area contributed by atoms with E-state index in [4.69, 9.17) is 5.73 Å². The van der Waals surface area contributed by atoms with Crippen molar-refractivity contribution < 1.29 is 0 Å². The number of fused-ring (bicyclic) bond motifs is 1. The fourth-order valence-corrected chi connectivity index (χ4v) is 3.88. The van der Waals surface area contributed by atoms with Crippen molar-refractivity contribution in [1.82, 2.24) is 0 Å². The standard InChI is InChI=1S/C28H21N/c29-26-16-17-27(28(19-26)22-7-2-1-3-8-22)23-13-10-21(11-14-23)25-15-12-20-6-4-5-9-24(20)18-25/h1-19H,29H2. The summed E-state index contributed by atoms with van der Waals surface area (Å²) >= 11 is 0. The average molecular weight is 371 g/mol. The maximum Gasteiger partial charge on any atom is 0.0320 e. The van der Waals surface area contributed by atoms with Gasteiger partial charge in [0.1, 0.15) is 0 Å². The van der Waals surface area contributed by atoms with E-state index >= 15 is 0 Å². The fourth-order valence-electron chi connectivity index (χ4n) is 3.88. The van der Waals surface area contributed by atoms with Crippen molar-refractivity contribution in [2.45, 2.75) is 0 Å². The number of nitrogen functional groups attached to an aromatic ring is 1. The molecule has 5 aromatic carbocycles. The van der Waals surface area contributed by atoms with Crippen molar-refractivity contribution in [3.05, 3.63) is 115 Å². The van der Waals surface area contributed by atoms with Crippen molar-refractivity contribution in [3.63, 3.8) is 0 Å². The van der Waals surface area contributed by atoms with Crippen molar-refractivity contribution in [2.75, 3.05) is 5.73 Å². The van der Waals surface area contributed by atoms with E-state index < -0.39 is 0 Å². The molecule has 0 bridgehead atoms. The molecule has 0 fully saturated rings. The Kier molecular flexibility index (Phi) is 4.34. The van der Waals surface area contributed by atoms with E-state index in [1.807, 2.05) is 12.1 Å². The van der Waals surface area contributed by atoms with Crippen molar-refractivity contribution in [3.8, 4) is 33.4 Å². The molecular formula is C28H21N. The van der Waals surface area contributed by atoms with Gasteiger partial charge in [-0.15, -0.1) is 0 Å². The molecule has 1 heteroatoms. The lowest BCUT2D eigenvalue weighted by molar-refractivity contribution is 1.57. The van der Waals surface area contributed by atoms with Crippen LogP contribution in [0, 0.1) is 0 Å². The van der Waals surface area contributed by atoms with E-state index in [-0.39, 0.29) is 0 Å². The lowest BCUT2D eigenvalue weighted by Gasteiger charge is -2.12. The van der Waals surface area contributed by atoms with Crippen LogP contribution in [0.5, 0.6) is 0 Å². The molecule has 0 aliphatic heterocycles. The normalized spacial score (nSPS) is 10.9. The van der Waals surface area contributed by atoms with Gasteiger partial charge in [0.05, 0.1) is 0 Å². The summed E-state index contributed by atoms with van der Waals surface area (Å²) in [5.41, 5.74) is 14.0. The van der Waals surface area contributed by atoms with Crippen LogP contribution >= 0.6 is 0 Å². The van der Waals surface area contributed by atoms with Crippen molar-refractivity contribution in [1.29, 1.82) is 0 Å². The molecule has 0 atom stereocenters. The molecular weight excluding hydrogens is 350 g/mol. The van der Waals surface area contributed by atoms with E-state index in [1.165, 1.54) is 38.6 Å². The van der Waals surface area contributed by atoms with Crippen LogP contribution in [-0.2, 0) is 0 Å². The number of hydrogen-bond donors (Lipinski definition) is 1. The number of benzene rings is 5. The highest BCUT2D eigenvalue weighted by atomic mass is 14.5. The van der Waals surface area contributed by atoms with Gasteiger partial charge in [-0.2, -0.15) is 0 Å². The van der Waals surface area contributed by atoms with Gasteiger partial charge in [0, 0.05) is 5.69 Å². The highest BCUT2D eigenvalue weighted by Gasteiger charge is 2.09. The predicted molar refractivity (Wildman–Crippen MR) is 125 cm³/mol. The smallest absolute Gasteiger partial charge is 0.0320 e. The van der Waals surface area contributed by atoms with Gasteiger partial charge in [-0.3, -0.25) is 0 Å². The second-order valence-electron chi connectivity index (χ2n) is 7.31. The minimum atomic E-state index is 0.778. The molecule has 0 aliphatic carbocycles. The minimum absolute atomic E-state index is 0.778. The van der Waals surface area contributed by atoms with Crippen LogP contribution in [0.1, 0.15) is 0 Å². The molecule has 29 heavy (non-hydrogen) atoms. The second-order valence-corrected chi connectivity index (χ2v) is 7.31. The maximum absolute atomic E-state index is 6.09. The molecule has 1 nitrogen and oxygen atoms in total. The summed E-state index contributed by atoms with van der Waals surface area (Å²) in [6.07, 6.45) is 0. The molecule has 5 rings (SSSR count). The van der Waals surface area contributed by atoms with Crippen LogP contribution in [0.3, 0.4) is 0 Å². The maximum atomic E-state index is 6.09. The highest BCUT2D eigenvalue weighted by Crippen LogP contribution is 2.35. The third kappa shape index (κ3) is 3.39. The first kappa shape index (κ1) is 17.3. The summed E-state index contributed by atoms with van der Waals surface area (Å²) in [4.78, 5) is 0. The molecule has 0 heterocycles. The Labute approximate surface area is 171 Å². The van der Waals surface area contributed by atoms with Gasteiger partial charge in [0.2, 0.25) is 0 Å². The lowest BCUT2D eigenvalue weighted by Crippen LogP contribution is -1.90. The third-order valence-electron chi connectivity index (χ3n) is 5.41. The molecule has 0 aromatic heterocycles. The van der Waals surface area contributed by atoms with Gasteiger partial charge in [-0.1, -0.05) is 97.1 Å². The summed E-state index contributed by atoms with van der Waals surface area (Å²) in [6, 6.07) is 40.4. The number of nitrogens with two attached hydrogens (primary N) is 1. The molecule has 2 N–H and O–H groups in total. The quantitative estimate of drug-likeness (QED) is 0.328. The van der Waals surface area contributed by atoms with Crippen molar-refractivity contribution >= 4 is 16.5 Å². The number of anilines is 1. The van der Waals surface area contributed by atoms with Crippen LogP contribution in [0.4, 0.5) is 5.69 Å². The molecule has 0 spiro atoms. The number of rotatable bonds is 3. The zero-order chi connectivity index (χ0) is 19.6. The highest BCUT2D eigenvalue weighted by molar-refractivity contribution is 5.89. The van der Waals surface area contributed by atoms with Gasteiger partial charge in [-0.25, -0.2) is 0 Å². The molecule has 0 radical (unpaired) electrons. The lowest BCUT2D eigenvalue weighted by atomic mass is 9.92. The Morgan fingerprint density at radius 3 is 1.79 bits per heavy atom. The Hall–Kier alpha value is -3.84. The second kappa shape index (κ2) is 7.29. The minimum Gasteiger partial charge on any atom is -0.399 e. The topological polar surface area (TPSA) is 26.0 Å². The zero-order valence-corrected chi connectivity index (χ0v) is 16.0. The summed E-state index contributed by atoms with van der Waals surface area (Å²) < 4.78 is 0. The van der Waals surface area contributed by atoms with Gasteiger partial charge in [0.25, 0.3) is 0 Å². The van der Waals surface area contributed by atoms with E-state index in [0.717, 1.165) is 11.3 Å². The fraction of sp³-hybridized carbons (Fsp3) is 0. The van der Waals surface area contributed by atoms with Crippen LogP contribution in [0.25, 0.3) is 44.2 Å². The molecule has 0 saturated heterocycles. The SMILES string of the molecule is Nc1ccc(-c2ccc(-c3ccc4ccccc4c3)cc2)c(-c2ccccc2)c1. The molecule has 5 aromatic rings. The Morgan fingerprint density at radius 1 is 0.379 bits per heavy atom. The van der Waals surface area contributed by atoms with Crippen molar-refractivity contribution in [2.24, 2.45) is 0 Å². The van der Waals surface area contributed by atoms with Crippen LogP contribution in [0.15, 0.2) is 115 Å². The first-order chi connectivity index (χ1) is 14.3. The van der Waals surface area contributed by atoms with Crippen LogP contribution in [-0.4, -0.2) is 0 Å². The van der Waals surface area contributed by atoms with Crippen LogP contribution < -0.4 is 5.73 Å². The number of hydrogen-bond acceptors (Lipinski definition) is 1. The van der Waals surface area contributed by atoms with E-state index in [1.54, 1.807) is 0 Å². The van der Waals surface area contributed by atoms with Gasteiger partial charge >= 0.3 is 0 Å². The Morgan fingerprint density at radius 2 is 1.00 bits per heavy atom. The first-order valence-corrected chi connectivity index (χ1v) is 9.82. The van der Waals surface area contributed by atoms with E-state index in [0.29, 0.717) is 0 Å². The predicted octanol–water partition coefficient (Wildman–Crippen LogP) is 7.42. The van der Waals surface area contributed by atoms with Gasteiger partial charge < -0.3 is 5.73 Å². The van der Waals surface area contributed by atoms with Gasteiger partial charge in [0.15, 0.2) is 0 Å². The van der Waals surface area contributed by atoms with E-state index in [9.17, 15) is 0 Å². The molecule has 0 unspecified atom stereocenters. The zero-order valence-electron chi connectivity index (χ0n) is 16.0. The summed E-state index contributed by atoms with van der Waals surface area (Å²) in [5, 5.41) is 2.53. The van der Waals surface area contributed by atoms with Gasteiger partial charge in [-0.05, 0) is 62.4 Å². The summed E-state index contributed by atoms with van der Waals surface area (Å²) in [6.45, 7) is 0. The monoisotopic (exact) mass is 371 g/mol. The van der Waals surface area contributed by atoms with E-state index in [2.05, 4.69) is 103 Å². The summed E-state index contributed by atoms with van der Waals surface area (Å²) in [7, 11) is 0. The summed E-state index contributed by atoms with van der Waals surface area (Å²) in [5.74, 6) is 0. The molecule has 138 valence electrons. The molecule has 0 aliphatic rings.